The molecular weight excluding hydrogens is 234 g/mol. The Morgan fingerprint density at radius 2 is 1.89 bits per heavy atom. The maximum atomic E-state index is 5.61. The second-order valence-corrected chi connectivity index (χ2v) is 5.54. The van der Waals surface area contributed by atoms with Gasteiger partial charge in [-0.25, -0.2) is 0 Å². The van der Waals surface area contributed by atoms with E-state index in [1.165, 1.54) is 5.56 Å². The monoisotopic (exact) mass is 263 g/mol. The van der Waals surface area contributed by atoms with Crippen LogP contribution in [0.1, 0.15) is 52.6 Å². The smallest absolute Gasteiger partial charge is 0.119 e. The zero-order valence-corrected chi connectivity index (χ0v) is 13.1. The highest BCUT2D eigenvalue weighted by Gasteiger charge is 2.21. The second-order valence-electron chi connectivity index (χ2n) is 5.54. The van der Waals surface area contributed by atoms with Crippen molar-refractivity contribution in [1.29, 1.82) is 0 Å². The summed E-state index contributed by atoms with van der Waals surface area (Å²) in [4.78, 5) is 0. The Balaban J connectivity index is 2.92. The largest absolute Gasteiger partial charge is 0.494 e. The van der Waals surface area contributed by atoms with Crippen LogP contribution in [0.2, 0.25) is 0 Å². The first-order chi connectivity index (χ1) is 9.10. The van der Waals surface area contributed by atoms with Crippen molar-refractivity contribution in [3.8, 4) is 5.75 Å². The van der Waals surface area contributed by atoms with Gasteiger partial charge in [0.1, 0.15) is 5.75 Å². The van der Waals surface area contributed by atoms with Crippen molar-refractivity contribution >= 4 is 0 Å². The van der Waals surface area contributed by atoms with E-state index >= 15 is 0 Å². The molecule has 1 rings (SSSR count). The molecule has 0 aliphatic carbocycles. The highest BCUT2D eigenvalue weighted by atomic mass is 16.5. The van der Waals surface area contributed by atoms with E-state index in [9.17, 15) is 0 Å². The van der Waals surface area contributed by atoms with Crippen molar-refractivity contribution in [3.63, 3.8) is 0 Å². The van der Waals surface area contributed by atoms with Crippen LogP contribution in [0.3, 0.4) is 0 Å². The predicted molar refractivity (Wildman–Crippen MR) is 82.6 cm³/mol. The van der Waals surface area contributed by atoms with Crippen LogP contribution >= 0.6 is 0 Å². The Bertz CT molecular complexity index is 362. The van der Waals surface area contributed by atoms with Crippen molar-refractivity contribution in [1.82, 2.24) is 5.32 Å². The van der Waals surface area contributed by atoms with Crippen LogP contribution in [-0.4, -0.2) is 13.2 Å². The average Bonchev–Trinajstić information content (AvgIpc) is 2.39. The van der Waals surface area contributed by atoms with Gasteiger partial charge in [-0.05, 0) is 49.4 Å². The van der Waals surface area contributed by atoms with Gasteiger partial charge in [-0.3, -0.25) is 0 Å². The molecule has 0 radical (unpaired) electrons. The third-order valence-corrected chi connectivity index (χ3v) is 3.72. The molecule has 0 aliphatic heterocycles. The minimum absolute atomic E-state index is 0.403. The maximum absolute atomic E-state index is 5.61. The molecule has 1 N–H and O–H groups in total. The van der Waals surface area contributed by atoms with Gasteiger partial charge < -0.3 is 10.1 Å². The predicted octanol–water partition coefficient (Wildman–Crippen LogP) is 4.42. The topological polar surface area (TPSA) is 21.3 Å². The molecular formula is C17H29NO. The molecule has 19 heavy (non-hydrogen) atoms. The van der Waals surface area contributed by atoms with Crippen LogP contribution in [0, 0.1) is 11.8 Å². The van der Waals surface area contributed by atoms with Crippen LogP contribution in [0.15, 0.2) is 24.3 Å². The molecule has 108 valence electrons. The average molecular weight is 263 g/mol. The molecule has 2 unspecified atom stereocenters. The van der Waals surface area contributed by atoms with Crippen LogP contribution in [0.4, 0.5) is 0 Å². The molecule has 1 aromatic rings. The van der Waals surface area contributed by atoms with Gasteiger partial charge in [0.15, 0.2) is 0 Å². The summed E-state index contributed by atoms with van der Waals surface area (Å²) in [6.07, 6.45) is 1.16. The molecule has 0 amide bonds. The van der Waals surface area contributed by atoms with Crippen molar-refractivity contribution < 1.29 is 4.74 Å². The van der Waals surface area contributed by atoms with E-state index in [1.54, 1.807) is 0 Å². The molecule has 1 aromatic carbocycles. The molecule has 0 spiro atoms. The summed E-state index contributed by atoms with van der Waals surface area (Å²) in [5.41, 5.74) is 1.33. The number of hydrogen-bond donors (Lipinski definition) is 1. The van der Waals surface area contributed by atoms with Gasteiger partial charge in [-0.2, -0.15) is 0 Å². The maximum Gasteiger partial charge on any atom is 0.119 e. The van der Waals surface area contributed by atoms with Crippen LogP contribution < -0.4 is 10.1 Å². The summed E-state index contributed by atoms with van der Waals surface area (Å²) in [7, 11) is 0. The number of hydrogen-bond acceptors (Lipinski definition) is 2. The number of ether oxygens (including phenoxy) is 1. The molecule has 0 saturated heterocycles. The van der Waals surface area contributed by atoms with Gasteiger partial charge >= 0.3 is 0 Å². The zero-order valence-electron chi connectivity index (χ0n) is 13.1. The van der Waals surface area contributed by atoms with Crippen molar-refractivity contribution in [2.75, 3.05) is 13.2 Å². The minimum Gasteiger partial charge on any atom is -0.494 e. The SMILES string of the molecule is CCCNC(c1cccc(OCC)c1)C(C)C(C)C. The van der Waals surface area contributed by atoms with Crippen molar-refractivity contribution in [2.24, 2.45) is 11.8 Å². The standard InChI is InChI=1S/C17H29NO/c1-6-11-18-17(14(5)13(3)4)15-9-8-10-16(12-15)19-7-2/h8-10,12-14,17-18H,6-7,11H2,1-5H3. The fourth-order valence-corrected chi connectivity index (χ4v) is 2.26. The fourth-order valence-electron chi connectivity index (χ4n) is 2.26. The Labute approximate surface area is 118 Å². The lowest BCUT2D eigenvalue weighted by Crippen LogP contribution is -2.30. The molecule has 2 atom stereocenters. The molecule has 0 aliphatic rings. The zero-order chi connectivity index (χ0) is 14.3. The molecule has 2 nitrogen and oxygen atoms in total. The van der Waals surface area contributed by atoms with Gasteiger partial charge in [0.25, 0.3) is 0 Å². The quantitative estimate of drug-likeness (QED) is 0.749. The molecule has 0 heterocycles. The van der Waals surface area contributed by atoms with Crippen LogP contribution in [-0.2, 0) is 0 Å². The second kappa shape index (κ2) is 8.21. The van der Waals surface area contributed by atoms with E-state index in [0.29, 0.717) is 17.9 Å². The molecule has 0 aromatic heterocycles. The summed E-state index contributed by atoms with van der Waals surface area (Å²) in [6, 6.07) is 8.91. The Hall–Kier alpha value is -1.02. The number of nitrogens with one attached hydrogen (secondary N) is 1. The van der Waals surface area contributed by atoms with E-state index in [-0.39, 0.29) is 0 Å². The highest BCUT2D eigenvalue weighted by Crippen LogP contribution is 2.29. The molecule has 0 bridgehead atoms. The summed E-state index contributed by atoms with van der Waals surface area (Å²) in [6.45, 7) is 12.9. The van der Waals surface area contributed by atoms with Gasteiger partial charge in [-0.15, -0.1) is 0 Å². The van der Waals surface area contributed by atoms with E-state index in [4.69, 9.17) is 4.74 Å². The third-order valence-electron chi connectivity index (χ3n) is 3.72. The van der Waals surface area contributed by atoms with E-state index in [1.807, 2.05) is 13.0 Å². The lowest BCUT2D eigenvalue weighted by Gasteiger charge is -2.29. The highest BCUT2D eigenvalue weighted by molar-refractivity contribution is 5.31. The van der Waals surface area contributed by atoms with Gasteiger partial charge in [0, 0.05) is 6.04 Å². The van der Waals surface area contributed by atoms with Crippen molar-refractivity contribution in [3.05, 3.63) is 29.8 Å². The summed E-state index contributed by atoms with van der Waals surface area (Å²) < 4.78 is 5.61. The molecule has 0 fully saturated rings. The van der Waals surface area contributed by atoms with E-state index < -0.39 is 0 Å². The first-order valence-electron chi connectivity index (χ1n) is 7.56. The lowest BCUT2D eigenvalue weighted by atomic mass is 9.86. The Kier molecular flexibility index (Phi) is 6.93. The van der Waals surface area contributed by atoms with Crippen LogP contribution in [0.5, 0.6) is 5.75 Å². The number of rotatable bonds is 8. The van der Waals surface area contributed by atoms with E-state index in [0.717, 1.165) is 25.3 Å². The van der Waals surface area contributed by atoms with Gasteiger partial charge in [0.2, 0.25) is 0 Å². The summed E-state index contributed by atoms with van der Waals surface area (Å²) in [5.74, 6) is 2.23. The molecule has 2 heteroatoms. The Morgan fingerprint density at radius 1 is 1.16 bits per heavy atom. The molecule has 0 saturated carbocycles. The third kappa shape index (κ3) is 4.87. The van der Waals surface area contributed by atoms with Gasteiger partial charge in [-0.1, -0.05) is 39.8 Å². The fraction of sp³-hybridized carbons (Fsp3) is 0.647. The summed E-state index contributed by atoms with van der Waals surface area (Å²) in [5, 5.41) is 3.68. The van der Waals surface area contributed by atoms with E-state index in [2.05, 4.69) is 51.2 Å². The Morgan fingerprint density at radius 3 is 2.47 bits per heavy atom. The minimum atomic E-state index is 0.403. The van der Waals surface area contributed by atoms with Crippen LogP contribution in [0.25, 0.3) is 0 Å². The van der Waals surface area contributed by atoms with Gasteiger partial charge in [0.05, 0.1) is 6.61 Å². The lowest BCUT2D eigenvalue weighted by molar-refractivity contribution is 0.301. The number of benzene rings is 1. The summed E-state index contributed by atoms with van der Waals surface area (Å²) >= 11 is 0. The normalized spacial score (nSPS) is 14.4. The first kappa shape index (κ1) is 16.0. The first-order valence-corrected chi connectivity index (χ1v) is 7.56. The van der Waals surface area contributed by atoms with Crippen molar-refractivity contribution in [2.45, 2.75) is 47.1 Å².